The van der Waals surface area contributed by atoms with E-state index in [0.29, 0.717) is 6.54 Å². The number of phenols is 1. The van der Waals surface area contributed by atoms with Crippen molar-refractivity contribution in [3.63, 3.8) is 0 Å². The smallest absolute Gasteiger partial charge is 0.453 e. The first kappa shape index (κ1) is 22.1. The van der Waals surface area contributed by atoms with Gasteiger partial charge in [-0.3, -0.25) is 4.90 Å². The molecule has 0 saturated carbocycles. The van der Waals surface area contributed by atoms with E-state index in [1.165, 1.54) is 18.2 Å². The van der Waals surface area contributed by atoms with Crippen LogP contribution in [0.3, 0.4) is 0 Å². The second kappa shape index (κ2) is 9.15. The minimum atomic E-state index is -4.77. The van der Waals surface area contributed by atoms with Crippen molar-refractivity contribution in [3.8, 4) is 17.4 Å². The number of alkyl halides is 3. The number of likely N-dealkylation sites (tertiary alicyclic amines) is 1. The summed E-state index contributed by atoms with van der Waals surface area (Å²) >= 11 is 0. The lowest BCUT2D eigenvalue weighted by molar-refractivity contribution is -0.144. The quantitative estimate of drug-likeness (QED) is 0.564. The van der Waals surface area contributed by atoms with E-state index in [2.05, 4.69) is 15.0 Å². The van der Waals surface area contributed by atoms with Crippen molar-refractivity contribution in [1.82, 2.24) is 19.7 Å². The molecule has 0 atom stereocenters. The molecule has 1 fully saturated rings. The van der Waals surface area contributed by atoms with Crippen LogP contribution in [0.15, 0.2) is 48.5 Å². The molecule has 2 aromatic carbocycles. The number of halogens is 4. The number of aromatic nitrogens is 3. The fourth-order valence-electron chi connectivity index (χ4n) is 3.71. The van der Waals surface area contributed by atoms with Crippen LogP contribution in [0, 0.1) is 11.7 Å². The Morgan fingerprint density at radius 3 is 2.50 bits per heavy atom. The van der Waals surface area contributed by atoms with Gasteiger partial charge in [0.1, 0.15) is 17.3 Å². The molecule has 1 aromatic heterocycles. The Kier molecular flexibility index (Phi) is 6.31. The second-order valence-electron chi connectivity index (χ2n) is 7.78. The summed E-state index contributed by atoms with van der Waals surface area (Å²) in [4.78, 5) is 5.71. The molecule has 0 bridgehead atoms. The van der Waals surface area contributed by atoms with Crippen LogP contribution < -0.4 is 4.74 Å². The fraction of sp³-hybridized carbons (Fsp3) is 0.364. The first-order chi connectivity index (χ1) is 15.3. The van der Waals surface area contributed by atoms with Crippen molar-refractivity contribution in [1.29, 1.82) is 0 Å². The van der Waals surface area contributed by atoms with Gasteiger partial charge in [-0.2, -0.15) is 22.8 Å². The van der Waals surface area contributed by atoms with Gasteiger partial charge >= 0.3 is 12.2 Å². The Hall–Kier alpha value is -3.14. The van der Waals surface area contributed by atoms with Gasteiger partial charge < -0.3 is 9.84 Å². The Morgan fingerprint density at radius 1 is 1.06 bits per heavy atom. The molecule has 6 nitrogen and oxygen atoms in total. The van der Waals surface area contributed by atoms with E-state index >= 15 is 0 Å². The van der Waals surface area contributed by atoms with E-state index < -0.39 is 17.8 Å². The van der Waals surface area contributed by atoms with E-state index in [9.17, 15) is 22.7 Å². The van der Waals surface area contributed by atoms with Gasteiger partial charge in [0, 0.05) is 6.54 Å². The molecular weight excluding hydrogens is 428 g/mol. The third-order valence-corrected chi connectivity index (χ3v) is 5.38. The summed E-state index contributed by atoms with van der Waals surface area (Å²) in [5, 5.41) is 13.0. The maximum atomic E-state index is 14.2. The van der Waals surface area contributed by atoms with Crippen LogP contribution in [-0.2, 0) is 12.7 Å². The summed E-state index contributed by atoms with van der Waals surface area (Å²) in [5.41, 5.74) is 0.851. The molecule has 1 N–H and O–H groups in total. The Bertz CT molecular complexity index is 1060. The molecule has 2 heterocycles. The first-order valence-electron chi connectivity index (χ1n) is 10.2. The van der Waals surface area contributed by atoms with Crippen molar-refractivity contribution in [2.75, 3.05) is 19.7 Å². The Labute approximate surface area is 182 Å². The molecule has 1 saturated heterocycles. The number of benzene rings is 2. The predicted molar refractivity (Wildman–Crippen MR) is 108 cm³/mol. The number of rotatable bonds is 6. The van der Waals surface area contributed by atoms with Crippen molar-refractivity contribution in [3.05, 3.63) is 65.7 Å². The number of hydrogen-bond acceptors (Lipinski definition) is 5. The van der Waals surface area contributed by atoms with Gasteiger partial charge in [-0.25, -0.2) is 4.39 Å². The SMILES string of the molecule is Oc1cccc(CN2CCC(COc3nc(C(F)(F)F)nn3-c3ccccc3F)CC2)c1. The molecule has 10 heteroatoms. The van der Waals surface area contributed by atoms with Gasteiger partial charge in [-0.15, -0.1) is 5.10 Å². The molecule has 1 aliphatic heterocycles. The monoisotopic (exact) mass is 450 g/mol. The summed E-state index contributed by atoms with van der Waals surface area (Å²) in [6.45, 7) is 2.44. The van der Waals surface area contributed by atoms with Crippen LogP contribution in [0.1, 0.15) is 24.2 Å². The van der Waals surface area contributed by atoms with Gasteiger partial charge in [-0.1, -0.05) is 24.3 Å². The lowest BCUT2D eigenvalue weighted by Gasteiger charge is -2.31. The van der Waals surface area contributed by atoms with E-state index in [4.69, 9.17) is 4.74 Å². The van der Waals surface area contributed by atoms with Gasteiger partial charge in [0.25, 0.3) is 5.82 Å². The molecule has 0 radical (unpaired) electrons. The average molecular weight is 450 g/mol. The molecule has 4 rings (SSSR count). The highest BCUT2D eigenvalue weighted by atomic mass is 19.4. The zero-order chi connectivity index (χ0) is 22.7. The number of ether oxygens (including phenoxy) is 1. The predicted octanol–water partition coefficient (Wildman–Crippen LogP) is 4.42. The zero-order valence-corrected chi connectivity index (χ0v) is 17.1. The lowest BCUT2D eigenvalue weighted by Crippen LogP contribution is -2.35. The Balaban J connectivity index is 1.40. The van der Waals surface area contributed by atoms with Gasteiger partial charge in [0.05, 0.1) is 6.61 Å². The van der Waals surface area contributed by atoms with Crippen LogP contribution in [-0.4, -0.2) is 44.5 Å². The molecule has 0 amide bonds. The number of aromatic hydroxyl groups is 1. The molecule has 32 heavy (non-hydrogen) atoms. The molecule has 0 unspecified atom stereocenters. The molecule has 0 spiro atoms. The zero-order valence-electron chi connectivity index (χ0n) is 17.1. The van der Waals surface area contributed by atoms with Crippen LogP contribution in [0.2, 0.25) is 0 Å². The van der Waals surface area contributed by atoms with E-state index in [0.717, 1.165) is 42.2 Å². The minimum absolute atomic E-state index is 0.121. The van der Waals surface area contributed by atoms with E-state index in [-0.39, 0.29) is 30.0 Å². The maximum absolute atomic E-state index is 14.2. The third kappa shape index (κ3) is 5.18. The van der Waals surface area contributed by atoms with Crippen molar-refractivity contribution < 1.29 is 27.4 Å². The number of piperidine rings is 1. The lowest BCUT2D eigenvalue weighted by atomic mass is 9.97. The average Bonchev–Trinajstić information content (AvgIpc) is 3.18. The summed E-state index contributed by atoms with van der Waals surface area (Å²) in [6, 6.07) is 12.1. The topological polar surface area (TPSA) is 63.4 Å². The molecular formula is C22H22F4N4O2. The number of phenolic OH excluding ortho intramolecular Hbond substituents is 1. The number of nitrogens with zero attached hydrogens (tertiary/aromatic N) is 4. The molecule has 1 aliphatic rings. The van der Waals surface area contributed by atoms with Crippen LogP contribution in [0.5, 0.6) is 11.8 Å². The minimum Gasteiger partial charge on any atom is -0.508 e. The fourth-order valence-corrected chi connectivity index (χ4v) is 3.71. The van der Waals surface area contributed by atoms with Crippen molar-refractivity contribution in [2.45, 2.75) is 25.6 Å². The molecule has 170 valence electrons. The van der Waals surface area contributed by atoms with Crippen molar-refractivity contribution >= 4 is 0 Å². The first-order valence-corrected chi connectivity index (χ1v) is 10.2. The van der Waals surface area contributed by atoms with Crippen LogP contribution >= 0.6 is 0 Å². The number of para-hydroxylation sites is 1. The standard InChI is InChI=1S/C22H22F4N4O2/c23-18-6-1-2-7-19(18)30-21(27-20(28-30)22(24,25)26)32-14-15-8-10-29(11-9-15)13-16-4-3-5-17(31)12-16/h1-7,12,15,31H,8-11,13-14H2. The molecule has 0 aliphatic carbocycles. The second-order valence-corrected chi connectivity index (χ2v) is 7.78. The van der Waals surface area contributed by atoms with Gasteiger partial charge in [-0.05, 0) is 61.7 Å². The van der Waals surface area contributed by atoms with Crippen LogP contribution in [0.25, 0.3) is 5.69 Å². The van der Waals surface area contributed by atoms with Crippen molar-refractivity contribution in [2.24, 2.45) is 5.92 Å². The summed E-state index contributed by atoms with van der Waals surface area (Å²) in [6.07, 6.45) is -3.19. The third-order valence-electron chi connectivity index (χ3n) is 5.38. The summed E-state index contributed by atoms with van der Waals surface area (Å²) in [7, 11) is 0. The Morgan fingerprint density at radius 2 is 1.81 bits per heavy atom. The summed E-state index contributed by atoms with van der Waals surface area (Å²) in [5.74, 6) is -1.76. The summed E-state index contributed by atoms with van der Waals surface area (Å²) < 4.78 is 59.9. The number of hydrogen-bond donors (Lipinski definition) is 1. The largest absolute Gasteiger partial charge is 0.508 e. The van der Waals surface area contributed by atoms with Gasteiger partial charge in [0.2, 0.25) is 0 Å². The highest BCUT2D eigenvalue weighted by Gasteiger charge is 2.38. The normalized spacial score (nSPS) is 15.8. The maximum Gasteiger partial charge on any atom is 0.453 e. The molecule has 3 aromatic rings. The van der Waals surface area contributed by atoms with E-state index in [1.54, 1.807) is 18.2 Å². The van der Waals surface area contributed by atoms with Gasteiger partial charge in [0.15, 0.2) is 0 Å². The van der Waals surface area contributed by atoms with Crippen LogP contribution in [0.4, 0.5) is 17.6 Å². The highest BCUT2D eigenvalue weighted by molar-refractivity contribution is 5.34. The van der Waals surface area contributed by atoms with E-state index in [1.807, 2.05) is 6.07 Å². The highest BCUT2D eigenvalue weighted by Crippen LogP contribution is 2.30.